The molecule has 0 saturated heterocycles. The van der Waals surface area contributed by atoms with Crippen LogP contribution < -0.4 is 11.1 Å². The average molecular weight is 288 g/mol. The van der Waals surface area contributed by atoms with E-state index >= 15 is 0 Å². The number of carboxylic acid groups (broad SMARTS) is 1. The molecule has 0 aliphatic heterocycles. The molecule has 0 rings (SSSR count). The summed E-state index contributed by atoms with van der Waals surface area (Å²) in [5.74, 6) is -1.27. The van der Waals surface area contributed by atoms with Gasteiger partial charge in [0.25, 0.3) is 0 Å². The average Bonchev–Trinajstić information content (AvgIpc) is 2.32. The van der Waals surface area contributed by atoms with Crippen molar-refractivity contribution in [2.75, 3.05) is 6.54 Å². The fraction of sp³-hybridized carbons (Fsp3) is 0.769. The molecule has 0 aromatic rings. The van der Waals surface area contributed by atoms with E-state index in [4.69, 9.17) is 10.8 Å². The maximum absolute atomic E-state index is 11.9. The zero-order valence-corrected chi connectivity index (χ0v) is 12.0. The number of carboxylic acids is 1. The van der Waals surface area contributed by atoms with Crippen LogP contribution in [0.25, 0.3) is 0 Å². The van der Waals surface area contributed by atoms with Crippen molar-refractivity contribution in [3.8, 4) is 0 Å². The van der Waals surface area contributed by atoms with Crippen molar-refractivity contribution in [3.63, 3.8) is 0 Å². The van der Waals surface area contributed by atoms with Gasteiger partial charge in [0.15, 0.2) is 0 Å². The molecule has 20 heavy (non-hydrogen) atoms. The van der Waals surface area contributed by atoms with Crippen molar-refractivity contribution in [3.05, 3.63) is 0 Å². The fourth-order valence-electron chi connectivity index (χ4n) is 1.81. The molecule has 2 atom stereocenters. The maximum Gasteiger partial charge on any atom is 0.305 e. The summed E-state index contributed by atoms with van der Waals surface area (Å²) in [4.78, 5) is 32.7. The van der Waals surface area contributed by atoms with E-state index in [1.807, 2.05) is 0 Å². The minimum absolute atomic E-state index is 0.220. The molecule has 0 radical (unpaired) electrons. The van der Waals surface area contributed by atoms with E-state index in [1.54, 1.807) is 13.8 Å². The Bertz CT molecular complexity index is 344. The summed E-state index contributed by atoms with van der Waals surface area (Å²) in [5, 5.41) is 20.5. The third-order valence-corrected chi connectivity index (χ3v) is 2.95. The number of hydrogen-bond donors (Lipinski definition) is 4. The topological polar surface area (TPSA) is 130 Å². The molecule has 0 saturated carbocycles. The third kappa shape index (κ3) is 7.85. The summed E-state index contributed by atoms with van der Waals surface area (Å²) in [6.07, 6.45) is 0.451. The van der Waals surface area contributed by atoms with Crippen molar-refractivity contribution >= 4 is 18.2 Å². The SMILES string of the molecule is CC(C)(CC(N)C=O)C(=O)NCCCC(O)CC(=O)O. The molecule has 0 aromatic carbocycles. The van der Waals surface area contributed by atoms with Crippen molar-refractivity contribution < 1.29 is 24.6 Å². The minimum Gasteiger partial charge on any atom is -0.481 e. The highest BCUT2D eigenvalue weighted by molar-refractivity contribution is 5.82. The maximum atomic E-state index is 11.9. The lowest BCUT2D eigenvalue weighted by Gasteiger charge is -2.25. The number of amides is 1. The summed E-state index contributed by atoms with van der Waals surface area (Å²) in [6.45, 7) is 3.74. The highest BCUT2D eigenvalue weighted by atomic mass is 16.4. The number of aliphatic hydroxyl groups is 1. The first-order valence-corrected chi connectivity index (χ1v) is 6.58. The number of hydrogen-bond acceptors (Lipinski definition) is 5. The van der Waals surface area contributed by atoms with Gasteiger partial charge in [0.1, 0.15) is 6.29 Å². The Labute approximate surface area is 118 Å². The molecule has 5 N–H and O–H groups in total. The number of carbonyl (C=O) groups excluding carboxylic acids is 2. The number of aliphatic carboxylic acids is 1. The van der Waals surface area contributed by atoms with Gasteiger partial charge in [-0.3, -0.25) is 9.59 Å². The Morgan fingerprint density at radius 1 is 1.40 bits per heavy atom. The second kappa shape index (κ2) is 8.65. The van der Waals surface area contributed by atoms with Gasteiger partial charge in [-0.15, -0.1) is 0 Å². The number of aliphatic hydroxyl groups excluding tert-OH is 1. The van der Waals surface area contributed by atoms with E-state index in [9.17, 15) is 19.5 Å². The largest absolute Gasteiger partial charge is 0.481 e. The fourth-order valence-corrected chi connectivity index (χ4v) is 1.81. The van der Waals surface area contributed by atoms with Crippen LogP contribution in [-0.4, -0.2) is 47.1 Å². The first-order valence-electron chi connectivity index (χ1n) is 6.58. The van der Waals surface area contributed by atoms with Gasteiger partial charge in [0, 0.05) is 12.0 Å². The van der Waals surface area contributed by atoms with Gasteiger partial charge in [-0.25, -0.2) is 0 Å². The Kier molecular flexibility index (Phi) is 8.02. The van der Waals surface area contributed by atoms with Crippen molar-refractivity contribution in [2.45, 2.75) is 51.7 Å². The lowest BCUT2D eigenvalue weighted by atomic mass is 9.85. The zero-order chi connectivity index (χ0) is 15.8. The van der Waals surface area contributed by atoms with Crippen molar-refractivity contribution in [1.82, 2.24) is 5.32 Å². The number of rotatable bonds is 10. The van der Waals surface area contributed by atoms with Gasteiger partial charge in [0.2, 0.25) is 5.91 Å². The van der Waals surface area contributed by atoms with Crippen LogP contribution in [-0.2, 0) is 14.4 Å². The van der Waals surface area contributed by atoms with E-state index in [-0.39, 0.29) is 18.7 Å². The molecule has 1 amide bonds. The molecule has 7 nitrogen and oxygen atoms in total. The molecule has 116 valence electrons. The van der Waals surface area contributed by atoms with E-state index in [0.717, 1.165) is 0 Å². The summed E-state index contributed by atoms with van der Waals surface area (Å²) in [6, 6.07) is -0.673. The standard InChI is InChI=1S/C13H24N2O5/c1-13(2,7-9(14)8-16)12(20)15-5-3-4-10(17)6-11(18)19/h8-10,17H,3-7,14H2,1-2H3,(H,15,20)(H,18,19). The highest BCUT2D eigenvalue weighted by Crippen LogP contribution is 2.21. The molecule has 0 heterocycles. The molecule has 0 aromatic heterocycles. The molecule has 0 aliphatic rings. The zero-order valence-electron chi connectivity index (χ0n) is 12.0. The molecular weight excluding hydrogens is 264 g/mol. The van der Waals surface area contributed by atoms with Crippen LogP contribution in [0.5, 0.6) is 0 Å². The molecule has 0 spiro atoms. The quantitative estimate of drug-likeness (QED) is 0.321. The second-order valence-electron chi connectivity index (χ2n) is 5.54. The Balaban J connectivity index is 3.98. The predicted octanol–water partition coefficient (Wildman–Crippen LogP) is -0.339. The van der Waals surface area contributed by atoms with E-state index in [1.165, 1.54) is 0 Å². The first kappa shape index (κ1) is 18.5. The Morgan fingerprint density at radius 2 is 2.00 bits per heavy atom. The van der Waals surface area contributed by atoms with Gasteiger partial charge in [0.05, 0.1) is 18.6 Å². The van der Waals surface area contributed by atoms with Gasteiger partial charge < -0.3 is 26.1 Å². The van der Waals surface area contributed by atoms with Crippen molar-refractivity contribution in [1.29, 1.82) is 0 Å². The van der Waals surface area contributed by atoms with Crippen molar-refractivity contribution in [2.24, 2.45) is 11.1 Å². The van der Waals surface area contributed by atoms with Crippen LogP contribution >= 0.6 is 0 Å². The van der Waals surface area contributed by atoms with Gasteiger partial charge >= 0.3 is 5.97 Å². The van der Waals surface area contributed by atoms with Crippen LogP contribution in [0.4, 0.5) is 0 Å². The third-order valence-electron chi connectivity index (χ3n) is 2.95. The molecule has 0 bridgehead atoms. The van der Waals surface area contributed by atoms with Crippen LogP contribution in [0, 0.1) is 5.41 Å². The normalized spacial score (nSPS) is 14.4. The summed E-state index contributed by atoms with van der Waals surface area (Å²) in [7, 11) is 0. The highest BCUT2D eigenvalue weighted by Gasteiger charge is 2.29. The molecule has 0 fully saturated rings. The van der Waals surface area contributed by atoms with Gasteiger partial charge in [-0.1, -0.05) is 13.8 Å². The molecule has 2 unspecified atom stereocenters. The molecule has 0 aliphatic carbocycles. The summed E-state index contributed by atoms with van der Waals surface area (Å²) in [5.41, 5.74) is 4.75. The Hall–Kier alpha value is -1.47. The number of nitrogens with one attached hydrogen (secondary N) is 1. The van der Waals surface area contributed by atoms with Crippen LogP contribution in [0.2, 0.25) is 0 Å². The minimum atomic E-state index is -1.05. The van der Waals surface area contributed by atoms with E-state index in [0.29, 0.717) is 25.7 Å². The molecule has 7 heteroatoms. The Morgan fingerprint density at radius 3 is 2.50 bits per heavy atom. The first-order chi connectivity index (χ1) is 9.19. The predicted molar refractivity (Wildman–Crippen MR) is 72.9 cm³/mol. The van der Waals surface area contributed by atoms with Gasteiger partial charge in [-0.2, -0.15) is 0 Å². The van der Waals surface area contributed by atoms with Crippen LogP contribution in [0.15, 0.2) is 0 Å². The lowest BCUT2D eigenvalue weighted by molar-refractivity contribution is -0.139. The number of aldehydes is 1. The smallest absolute Gasteiger partial charge is 0.305 e. The number of nitrogens with two attached hydrogens (primary N) is 1. The monoisotopic (exact) mass is 288 g/mol. The molecular formula is C13H24N2O5. The van der Waals surface area contributed by atoms with E-state index < -0.39 is 23.5 Å². The van der Waals surface area contributed by atoms with Crippen LogP contribution in [0.3, 0.4) is 0 Å². The summed E-state index contributed by atoms with van der Waals surface area (Å²) >= 11 is 0. The summed E-state index contributed by atoms with van der Waals surface area (Å²) < 4.78 is 0. The second-order valence-corrected chi connectivity index (χ2v) is 5.54. The lowest BCUT2D eigenvalue weighted by Crippen LogP contribution is -2.41. The van der Waals surface area contributed by atoms with Crippen LogP contribution in [0.1, 0.15) is 39.5 Å². The van der Waals surface area contributed by atoms with Gasteiger partial charge in [-0.05, 0) is 19.3 Å². The number of carbonyl (C=O) groups is 3. The van der Waals surface area contributed by atoms with E-state index in [2.05, 4.69) is 5.32 Å².